The highest BCUT2D eigenvalue weighted by Crippen LogP contribution is 2.13. The average molecular weight is 328 g/mol. The van der Waals surface area contributed by atoms with E-state index in [2.05, 4.69) is 21.2 Å². The van der Waals surface area contributed by atoms with Crippen LogP contribution in [0.25, 0.3) is 0 Å². The minimum absolute atomic E-state index is 0.0936. The zero-order chi connectivity index (χ0) is 14.4. The fourth-order valence-electron chi connectivity index (χ4n) is 1.74. The van der Waals surface area contributed by atoms with Crippen molar-refractivity contribution in [3.05, 3.63) is 34.3 Å². The van der Waals surface area contributed by atoms with Gasteiger partial charge in [-0.1, -0.05) is 48.3 Å². The Labute approximate surface area is 121 Å². The van der Waals surface area contributed by atoms with E-state index in [1.165, 1.54) is 0 Å². The van der Waals surface area contributed by atoms with E-state index >= 15 is 0 Å². The van der Waals surface area contributed by atoms with Gasteiger partial charge in [0.05, 0.1) is 6.42 Å². The maximum Gasteiger partial charge on any atom is 0.326 e. The third-order valence-corrected chi connectivity index (χ3v) is 3.54. The zero-order valence-electron chi connectivity index (χ0n) is 11.0. The van der Waals surface area contributed by atoms with Crippen LogP contribution in [-0.4, -0.2) is 23.0 Å². The summed E-state index contributed by atoms with van der Waals surface area (Å²) in [5.41, 5.74) is 0.847. The Morgan fingerprint density at radius 3 is 2.63 bits per heavy atom. The van der Waals surface area contributed by atoms with Crippen molar-refractivity contribution in [1.82, 2.24) is 5.32 Å². The molecule has 19 heavy (non-hydrogen) atoms. The molecule has 1 rings (SSSR count). The van der Waals surface area contributed by atoms with Crippen LogP contribution in [0.5, 0.6) is 0 Å². The molecule has 0 bridgehead atoms. The van der Waals surface area contributed by atoms with E-state index in [1.807, 2.05) is 38.1 Å². The molecule has 1 amide bonds. The van der Waals surface area contributed by atoms with E-state index in [1.54, 1.807) is 0 Å². The van der Waals surface area contributed by atoms with Crippen molar-refractivity contribution in [2.45, 2.75) is 32.7 Å². The zero-order valence-corrected chi connectivity index (χ0v) is 12.6. The SMILES string of the molecule is CC[C@H](C)[C@H](NC(=O)Cc1cccc(Br)c1)C(=O)O. The van der Waals surface area contributed by atoms with Crippen molar-refractivity contribution >= 4 is 27.8 Å². The number of aliphatic carboxylic acids is 1. The number of rotatable bonds is 6. The summed E-state index contributed by atoms with van der Waals surface area (Å²) in [4.78, 5) is 23.0. The first-order valence-corrected chi connectivity index (χ1v) is 7.00. The Kier molecular flexibility index (Phi) is 6.02. The van der Waals surface area contributed by atoms with E-state index in [-0.39, 0.29) is 18.2 Å². The lowest BCUT2D eigenvalue weighted by Crippen LogP contribution is -2.45. The second-order valence-corrected chi connectivity index (χ2v) is 5.49. The molecule has 2 atom stereocenters. The number of nitrogens with one attached hydrogen (secondary N) is 1. The van der Waals surface area contributed by atoms with Gasteiger partial charge in [0.1, 0.15) is 6.04 Å². The summed E-state index contributed by atoms with van der Waals surface area (Å²) in [5.74, 6) is -1.35. The quantitative estimate of drug-likeness (QED) is 0.844. The highest BCUT2D eigenvalue weighted by Gasteiger charge is 2.25. The van der Waals surface area contributed by atoms with Gasteiger partial charge in [-0.05, 0) is 23.6 Å². The van der Waals surface area contributed by atoms with Crippen LogP contribution >= 0.6 is 15.9 Å². The van der Waals surface area contributed by atoms with Gasteiger partial charge in [0.25, 0.3) is 0 Å². The maximum atomic E-state index is 11.9. The number of amides is 1. The lowest BCUT2D eigenvalue weighted by atomic mass is 9.99. The highest BCUT2D eigenvalue weighted by atomic mass is 79.9. The smallest absolute Gasteiger partial charge is 0.326 e. The van der Waals surface area contributed by atoms with Crippen LogP contribution in [0.3, 0.4) is 0 Å². The summed E-state index contributed by atoms with van der Waals surface area (Å²) >= 11 is 3.33. The number of hydrogen-bond acceptors (Lipinski definition) is 2. The van der Waals surface area contributed by atoms with Gasteiger partial charge in [0, 0.05) is 4.47 Å². The Bertz CT molecular complexity index is 462. The van der Waals surface area contributed by atoms with E-state index < -0.39 is 12.0 Å². The lowest BCUT2D eigenvalue weighted by Gasteiger charge is -2.20. The van der Waals surface area contributed by atoms with Gasteiger partial charge in [0.2, 0.25) is 5.91 Å². The fourth-order valence-corrected chi connectivity index (χ4v) is 2.19. The number of benzene rings is 1. The second kappa shape index (κ2) is 7.28. The molecule has 0 aliphatic carbocycles. The Hall–Kier alpha value is -1.36. The topological polar surface area (TPSA) is 66.4 Å². The molecule has 104 valence electrons. The largest absolute Gasteiger partial charge is 0.480 e. The minimum Gasteiger partial charge on any atom is -0.480 e. The molecule has 1 aromatic carbocycles. The van der Waals surface area contributed by atoms with Crippen molar-refractivity contribution in [1.29, 1.82) is 0 Å². The second-order valence-electron chi connectivity index (χ2n) is 4.58. The molecule has 0 fully saturated rings. The maximum absolute atomic E-state index is 11.9. The van der Waals surface area contributed by atoms with Crippen LogP contribution in [0.1, 0.15) is 25.8 Å². The molecule has 0 saturated carbocycles. The van der Waals surface area contributed by atoms with Gasteiger partial charge in [-0.3, -0.25) is 4.79 Å². The number of carboxylic acid groups (broad SMARTS) is 1. The molecule has 0 saturated heterocycles. The van der Waals surface area contributed by atoms with Crippen LogP contribution in [-0.2, 0) is 16.0 Å². The highest BCUT2D eigenvalue weighted by molar-refractivity contribution is 9.10. The van der Waals surface area contributed by atoms with E-state index in [4.69, 9.17) is 5.11 Å². The van der Waals surface area contributed by atoms with Crippen LogP contribution in [0.15, 0.2) is 28.7 Å². The molecule has 0 aliphatic rings. The molecule has 0 radical (unpaired) electrons. The third-order valence-electron chi connectivity index (χ3n) is 3.05. The Morgan fingerprint density at radius 2 is 2.11 bits per heavy atom. The molecule has 0 spiro atoms. The third kappa shape index (κ3) is 5.03. The first-order chi connectivity index (χ1) is 8.93. The van der Waals surface area contributed by atoms with Crippen LogP contribution in [0, 0.1) is 5.92 Å². The molecule has 4 nitrogen and oxygen atoms in total. The van der Waals surface area contributed by atoms with Crippen molar-refractivity contribution in [2.24, 2.45) is 5.92 Å². The van der Waals surface area contributed by atoms with Gasteiger partial charge in [-0.25, -0.2) is 4.79 Å². The average Bonchev–Trinajstić information content (AvgIpc) is 2.34. The molecule has 0 unspecified atom stereocenters. The molecule has 0 aliphatic heterocycles. The summed E-state index contributed by atoms with van der Waals surface area (Å²) in [6.45, 7) is 3.72. The van der Waals surface area contributed by atoms with Crippen molar-refractivity contribution < 1.29 is 14.7 Å². The number of carboxylic acids is 1. The molecule has 0 aromatic heterocycles. The molecule has 0 heterocycles. The molecule has 5 heteroatoms. The van der Waals surface area contributed by atoms with Crippen molar-refractivity contribution in [3.63, 3.8) is 0 Å². The normalized spacial score (nSPS) is 13.6. The van der Waals surface area contributed by atoms with E-state index in [0.29, 0.717) is 6.42 Å². The predicted octanol–water partition coefficient (Wildman–Crippen LogP) is 2.61. The molecule has 2 N–H and O–H groups in total. The molecular formula is C14H18BrNO3. The number of halogens is 1. The van der Waals surface area contributed by atoms with Gasteiger partial charge in [-0.2, -0.15) is 0 Å². The van der Waals surface area contributed by atoms with E-state index in [9.17, 15) is 9.59 Å². The number of carbonyl (C=O) groups excluding carboxylic acids is 1. The number of carbonyl (C=O) groups is 2. The minimum atomic E-state index is -0.989. The first kappa shape index (κ1) is 15.7. The summed E-state index contributed by atoms with van der Waals surface area (Å²) in [7, 11) is 0. The van der Waals surface area contributed by atoms with Crippen LogP contribution < -0.4 is 5.32 Å². The first-order valence-electron chi connectivity index (χ1n) is 6.20. The Balaban J connectivity index is 2.65. The standard InChI is InChI=1S/C14H18BrNO3/c1-3-9(2)13(14(18)19)16-12(17)8-10-5-4-6-11(15)7-10/h4-7,9,13H,3,8H2,1-2H3,(H,16,17)(H,18,19)/t9-,13-/m0/s1. The van der Waals surface area contributed by atoms with Gasteiger partial charge < -0.3 is 10.4 Å². The lowest BCUT2D eigenvalue weighted by molar-refractivity contribution is -0.143. The van der Waals surface area contributed by atoms with E-state index in [0.717, 1.165) is 10.0 Å². The molecular weight excluding hydrogens is 310 g/mol. The van der Waals surface area contributed by atoms with Crippen LogP contribution in [0.4, 0.5) is 0 Å². The monoisotopic (exact) mass is 327 g/mol. The van der Waals surface area contributed by atoms with Gasteiger partial charge >= 0.3 is 5.97 Å². The van der Waals surface area contributed by atoms with Gasteiger partial charge in [0.15, 0.2) is 0 Å². The fraction of sp³-hybridized carbons (Fsp3) is 0.429. The summed E-state index contributed by atoms with van der Waals surface area (Å²) in [5, 5.41) is 11.7. The van der Waals surface area contributed by atoms with Crippen molar-refractivity contribution in [2.75, 3.05) is 0 Å². The summed E-state index contributed by atoms with van der Waals surface area (Å²) in [6, 6.07) is 6.57. The van der Waals surface area contributed by atoms with Gasteiger partial charge in [-0.15, -0.1) is 0 Å². The summed E-state index contributed by atoms with van der Waals surface area (Å²) in [6.07, 6.45) is 0.883. The number of hydrogen-bond donors (Lipinski definition) is 2. The van der Waals surface area contributed by atoms with Crippen molar-refractivity contribution in [3.8, 4) is 0 Å². The van der Waals surface area contributed by atoms with Crippen LogP contribution in [0.2, 0.25) is 0 Å². The Morgan fingerprint density at radius 1 is 1.42 bits per heavy atom. The predicted molar refractivity (Wildman–Crippen MR) is 76.9 cm³/mol. The molecule has 1 aromatic rings. The summed E-state index contributed by atoms with van der Waals surface area (Å²) < 4.78 is 0.898.